The zero-order valence-corrected chi connectivity index (χ0v) is 18.5. The molecule has 1 unspecified atom stereocenters. The minimum atomic E-state index is -0.917. The summed E-state index contributed by atoms with van der Waals surface area (Å²) in [7, 11) is 1.68. The lowest BCUT2D eigenvalue weighted by molar-refractivity contribution is 0.0697. The van der Waals surface area contributed by atoms with Gasteiger partial charge in [0.05, 0.1) is 12.7 Å². The molecule has 0 aliphatic carbocycles. The summed E-state index contributed by atoms with van der Waals surface area (Å²) in [6.45, 7) is 4.32. The lowest BCUT2D eigenvalue weighted by Crippen LogP contribution is -2.22. The second-order valence-corrected chi connectivity index (χ2v) is 8.06. The van der Waals surface area contributed by atoms with Gasteiger partial charge in [0.15, 0.2) is 0 Å². The smallest absolute Gasteiger partial charge is 0.335 e. The van der Waals surface area contributed by atoms with Crippen LogP contribution in [-0.4, -0.2) is 18.2 Å². The Labute approximate surface area is 188 Å². The quantitative estimate of drug-likeness (QED) is 0.349. The molecule has 4 heteroatoms. The van der Waals surface area contributed by atoms with Gasteiger partial charge < -0.3 is 15.2 Å². The molecular formula is C28H27NO3. The highest BCUT2D eigenvalue weighted by Crippen LogP contribution is 2.33. The van der Waals surface area contributed by atoms with Crippen molar-refractivity contribution in [3.05, 3.63) is 102 Å². The predicted molar refractivity (Wildman–Crippen MR) is 129 cm³/mol. The van der Waals surface area contributed by atoms with Crippen molar-refractivity contribution in [3.8, 4) is 16.9 Å². The third-order valence-electron chi connectivity index (χ3n) is 5.92. The van der Waals surface area contributed by atoms with Gasteiger partial charge in [-0.05, 0) is 83.3 Å². The highest BCUT2D eigenvalue weighted by molar-refractivity contribution is 5.98. The van der Waals surface area contributed by atoms with Gasteiger partial charge >= 0.3 is 5.97 Å². The third kappa shape index (κ3) is 4.51. The molecule has 0 saturated carbocycles. The van der Waals surface area contributed by atoms with Crippen LogP contribution in [0, 0.1) is 0 Å². The van der Waals surface area contributed by atoms with Crippen LogP contribution in [0.15, 0.2) is 84.9 Å². The third-order valence-corrected chi connectivity index (χ3v) is 5.92. The highest BCUT2D eigenvalue weighted by atomic mass is 16.5. The number of rotatable bonds is 7. The lowest BCUT2D eigenvalue weighted by atomic mass is 9.92. The molecule has 4 nitrogen and oxygen atoms in total. The van der Waals surface area contributed by atoms with Gasteiger partial charge in [-0.25, -0.2) is 4.79 Å². The summed E-state index contributed by atoms with van der Waals surface area (Å²) in [5.41, 5.74) is 4.73. The number of carboxylic acid groups (broad SMARTS) is 1. The van der Waals surface area contributed by atoms with Gasteiger partial charge in [0.25, 0.3) is 0 Å². The topological polar surface area (TPSA) is 58.6 Å². The molecule has 0 heterocycles. The first-order valence-corrected chi connectivity index (χ1v) is 10.7. The molecular weight excluding hydrogens is 398 g/mol. The Morgan fingerprint density at radius 2 is 1.56 bits per heavy atom. The van der Waals surface area contributed by atoms with Crippen LogP contribution in [0.5, 0.6) is 5.75 Å². The van der Waals surface area contributed by atoms with Crippen molar-refractivity contribution < 1.29 is 14.6 Å². The fraction of sp³-hybridized carbons (Fsp3) is 0.179. The molecule has 0 spiro atoms. The molecule has 2 N–H and O–H groups in total. The Balaban J connectivity index is 1.69. The summed E-state index contributed by atoms with van der Waals surface area (Å²) in [5.74, 6) is -0.0684. The fourth-order valence-electron chi connectivity index (χ4n) is 4.09. The monoisotopic (exact) mass is 425 g/mol. The first-order chi connectivity index (χ1) is 15.5. The van der Waals surface area contributed by atoms with E-state index in [2.05, 4.69) is 55.6 Å². The summed E-state index contributed by atoms with van der Waals surface area (Å²) < 4.78 is 5.37. The van der Waals surface area contributed by atoms with E-state index in [-0.39, 0.29) is 17.6 Å². The van der Waals surface area contributed by atoms with Crippen LogP contribution in [0.1, 0.15) is 47.4 Å². The second-order valence-electron chi connectivity index (χ2n) is 8.06. The molecule has 0 aliphatic rings. The molecule has 32 heavy (non-hydrogen) atoms. The maximum absolute atomic E-state index is 11.2. The average molecular weight is 426 g/mol. The molecule has 4 aromatic carbocycles. The van der Waals surface area contributed by atoms with Gasteiger partial charge in [0.2, 0.25) is 0 Å². The molecule has 4 aromatic rings. The molecule has 162 valence electrons. The van der Waals surface area contributed by atoms with E-state index >= 15 is 0 Å². The Kier molecular flexibility index (Phi) is 6.24. The van der Waals surface area contributed by atoms with E-state index in [1.807, 2.05) is 36.4 Å². The summed E-state index contributed by atoms with van der Waals surface area (Å²) in [6.07, 6.45) is 0. The van der Waals surface area contributed by atoms with Gasteiger partial charge in [-0.15, -0.1) is 0 Å². The number of carbonyl (C=O) groups is 1. The SMILES string of the molecule is COc1cccc([C@@H](C)NC(C)c2cc(-c3ccc(C(=O)O)cc3)c3ccccc3c2)c1. The number of hydrogen-bond donors (Lipinski definition) is 2. The molecule has 0 radical (unpaired) electrons. The summed E-state index contributed by atoms with van der Waals surface area (Å²) in [4.78, 5) is 11.2. The average Bonchev–Trinajstić information content (AvgIpc) is 2.83. The molecule has 0 bridgehead atoms. The van der Waals surface area contributed by atoms with Crippen LogP contribution >= 0.6 is 0 Å². The van der Waals surface area contributed by atoms with E-state index < -0.39 is 5.97 Å². The van der Waals surface area contributed by atoms with E-state index in [1.165, 1.54) is 11.1 Å². The number of methoxy groups -OCH3 is 1. The van der Waals surface area contributed by atoms with Crippen LogP contribution in [0.3, 0.4) is 0 Å². The van der Waals surface area contributed by atoms with Gasteiger partial charge in [-0.3, -0.25) is 0 Å². The van der Waals surface area contributed by atoms with E-state index in [1.54, 1.807) is 19.2 Å². The predicted octanol–water partition coefficient (Wildman–Crippen LogP) is 6.63. The summed E-state index contributed by atoms with van der Waals surface area (Å²) in [5, 5.41) is 15.2. The second kappa shape index (κ2) is 9.25. The number of ether oxygens (including phenoxy) is 1. The Bertz CT molecular complexity index is 1250. The summed E-state index contributed by atoms with van der Waals surface area (Å²) in [6, 6.07) is 28.2. The van der Waals surface area contributed by atoms with Crippen LogP contribution in [0.25, 0.3) is 21.9 Å². The number of benzene rings is 4. The summed E-state index contributed by atoms with van der Waals surface area (Å²) >= 11 is 0. The van der Waals surface area contributed by atoms with Crippen molar-refractivity contribution in [3.63, 3.8) is 0 Å². The minimum Gasteiger partial charge on any atom is -0.497 e. The van der Waals surface area contributed by atoms with Crippen LogP contribution in [0.2, 0.25) is 0 Å². The molecule has 0 saturated heterocycles. The van der Waals surface area contributed by atoms with Crippen molar-refractivity contribution >= 4 is 16.7 Å². The minimum absolute atomic E-state index is 0.109. The van der Waals surface area contributed by atoms with Gasteiger partial charge in [0.1, 0.15) is 5.75 Å². The highest BCUT2D eigenvalue weighted by Gasteiger charge is 2.15. The van der Waals surface area contributed by atoms with Crippen LogP contribution in [-0.2, 0) is 0 Å². The van der Waals surface area contributed by atoms with Crippen LogP contribution in [0.4, 0.5) is 0 Å². The van der Waals surface area contributed by atoms with Gasteiger partial charge in [-0.2, -0.15) is 0 Å². The molecule has 0 aromatic heterocycles. The normalized spacial score (nSPS) is 13.0. The number of carboxylic acids is 1. The van der Waals surface area contributed by atoms with Crippen molar-refractivity contribution in [2.24, 2.45) is 0 Å². The van der Waals surface area contributed by atoms with E-state index in [9.17, 15) is 9.90 Å². The Morgan fingerprint density at radius 1 is 0.844 bits per heavy atom. The standard InChI is InChI=1S/C28H27NO3/c1-18(22-8-6-9-25(16-22)32-3)29-19(2)24-15-23-7-4-5-10-26(23)27(17-24)20-11-13-21(14-12-20)28(30)31/h4-19,29H,1-3H3,(H,30,31)/t18-,19?/m1/s1. The first kappa shape index (κ1) is 21.6. The van der Waals surface area contributed by atoms with Crippen molar-refractivity contribution in [1.29, 1.82) is 0 Å². The zero-order chi connectivity index (χ0) is 22.7. The van der Waals surface area contributed by atoms with Gasteiger partial charge in [0, 0.05) is 12.1 Å². The van der Waals surface area contributed by atoms with Crippen molar-refractivity contribution in [2.45, 2.75) is 25.9 Å². The number of fused-ring (bicyclic) bond motifs is 1. The van der Waals surface area contributed by atoms with Gasteiger partial charge in [-0.1, -0.05) is 48.5 Å². The zero-order valence-electron chi connectivity index (χ0n) is 18.5. The number of hydrogen-bond acceptors (Lipinski definition) is 3. The van der Waals surface area contributed by atoms with Crippen LogP contribution < -0.4 is 10.1 Å². The van der Waals surface area contributed by atoms with E-state index in [4.69, 9.17) is 4.74 Å². The van der Waals surface area contributed by atoms with Crippen molar-refractivity contribution in [2.75, 3.05) is 7.11 Å². The largest absolute Gasteiger partial charge is 0.497 e. The van der Waals surface area contributed by atoms with E-state index in [0.717, 1.165) is 27.6 Å². The number of aromatic carboxylic acids is 1. The van der Waals surface area contributed by atoms with Crippen molar-refractivity contribution in [1.82, 2.24) is 5.32 Å². The maximum atomic E-state index is 11.2. The Hall–Kier alpha value is -3.63. The lowest BCUT2D eigenvalue weighted by Gasteiger charge is -2.22. The number of nitrogens with one attached hydrogen (secondary N) is 1. The molecule has 4 rings (SSSR count). The molecule has 0 amide bonds. The molecule has 0 fully saturated rings. The Morgan fingerprint density at radius 3 is 2.28 bits per heavy atom. The fourth-order valence-corrected chi connectivity index (χ4v) is 4.09. The first-order valence-electron chi connectivity index (χ1n) is 10.7. The molecule has 0 aliphatic heterocycles. The maximum Gasteiger partial charge on any atom is 0.335 e. The van der Waals surface area contributed by atoms with E-state index in [0.29, 0.717) is 0 Å². The molecule has 2 atom stereocenters.